The maximum absolute atomic E-state index is 12.6. The molecule has 1 fully saturated rings. The summed E-state index contributed by atoms with van der Waals surface area (Å²) in [4.78, 5) is 23.1. The normalized spacial score (nSPS) is 18.9. The van der Waals surface area contributed by atoms with Gasteiger partial charge in [0.25, 0.3) is 0 Å². The summed E-state index contributed by atoms with van der Waals surface area (Å²) in [6.07, 6.45) is -4.74. The van der Waals surface area contributed by atoms with E-state index in [-0.39, 0.29) is 19.4 Å². The molecular formula is C10H15F3N2O3. The van der Waals surface area contributed by atoms with Crippen LogP contribution < -0.4 is 5.32 Å². The fourth-order valence-corrected chi connectivity index (χ4v) is 1.48. The Morgan fingerprint density at radius 2 is 1.94 bits per heavy atom. The molecule has 0 aliphatic heterocycles. The van der Waals surface area contributed by atoms with Crippen LogP contribution in [0.3, 0.4) is 0 Å². The van der Waals surface area contributed by atoms with Gasteiger partial charge in [0.2, 0.25) is 0 Å². The highest BCUT2D eigenvalue weighted by Crippen LogP contribution is 2.48. The topological polar surface area (TPSA) is 69.6 Å². The molecule has 1 rings (SSSR count). The number of carbonyl (C=O) groups excluding carboxylic acids is 1. The highest BCUT2D eigenvalue weighted by molar-refractivity contribution is 5.77. The standard InChI is InChI=1S/C10H15F3N2O3/c1-6(7(16)17)5-15(2)8(18)14-9(3-4-9)10(11,12)13/h6H,3-5H2,1-2H3,(H,14,18)(H,16,17). The first-order chi connectivity index (χ1) is 8.09. The van der Waals surface area contributed by atoms with E-state index in [9.17, 15) is 22.8 Å². The number of carbonyl (C=O) groups is 2. The van der Waals surface area contributed by atoms with Gasteiger partial charge in [-0.2, -0.15) is 13.2 Å². The van der Waals surface area contributed by atoms with Crippen molar-refractivity contribution < 1.29 is 27.9 Å². The van der Waals surface area contributed by atoms with Gasteiger partial charge in [0.1, 0.15) is 5.54 Å². The predicted molar refractivity (Wildman–Crippen MR) is 56.0 cm³/mol. The summed E-state index contributed by atoms with van der Waals surface area (Å²) in [5.41, 5.74) is -2.12. The molecule has 1 saturated carbocycles. The van der Waals surface area contributed by atoms with Crippen LogP contribution in [0, 0.1) is 5.92 Å². The average Bonchev–Trinajstić information content (AvgIpc) is 2.97. The number of hydrogen-bond acceptors (Lipinski definition) is 2. The van der Waals surface area contributed by atoms with Gasteiger partial charge in [0, 0.05) is 13.6 Å². The molecule has 1 aliphatic rings. The van der Waals surface area contributed by atoms with Crippen molar-refractivity contribution in [1.29, 1.82) is 0 Å². The number of nitrogens with zero attached hydrogens (tertiary/aromatic N) is 1. The number of alkyl halides is 3. The Kier molecular flexibility index (Phi) is 3.78. The fourth-order valence-electron chi connectivity index (χ4n) is 1.48. The molecule has 0 saturated heterocycles. The Morgan fingerprint density at radius 3 is 2.28 bits per heavy atom. The van der Waals surface area contributed by atoms with E-state index in [1.807, 2.05) is 5.32 Å². The van der Waals surface area contributed by atoms with Crippen molar-refractivity contribution >= 4 is 12.0 Å². The zero-order valence-electron chi connectivity index (χ0n) is 10.0. The molecule has 1 aliphatic carbocycles. The molecule has 0 aromatic carbocycles. The van der Waals surface area contributed by atoms with Gasteiger partial charge in [-0.1, -0.05) is 6.92 Å². The highest BCUT2D eigenvalue weighted by atomic mass is 19.4. The van der Waals surface area contributed by atoms with E-state index in [1.165, 1.54) is 14.0 Å². The van der Waals surface area contributed by atoms with Crippen LogP contribution >= 0.6 is 0 Å². The van der Waals surface area contributed by atoms with Crippen molar-refractivity contribution in [3.63, 3.8) is 0 Å². The van der Waals surface area contributed by atoms with Gasteiger partial charge < -0.3 is 15.3 Å². The molecule has 0 spiro atoms. The number of carboxylic acids is 1. The molecule has 104 valence electrons. The number of nitrogens with one attached hydrogen (secondary N) is 1. The van der Waals surface area contributed by atoms with E-state index in [2.05, 4.69) is 0 Å². The first-order valence-electron chi connectivity index (χ1n) is 5.42. The van der Waals surface area contributed by atoms with Gasteiger partial charge in [-0.05, 0) is 12.8 Å². The highest BCUT2D eigenvalue weighted by Gasteiger charge is 2.64. The summed E-state index contributed by atoms with van der Waals surface area (Å²) in [5, 5.41) is 10.6. The number of rotatable bonds is 4. The number of halogens is 3. The number of aliphatic carboxylic acids is 1. The minimum Gasteiger partial charge on any atom is -0.481 e. The lowest BCUT2D eigenvalue weighted by atomic mass is 10.2. The van der Waals surface area contributed by atoms with Crippen LogP contribution in [-0.4, -0.2) is 47.3 Å². The molecule has 0 bridgehead atoms. The predicted octanol–water partition coefficient (Wildman–Crippen LogP) is 1.44. The molecule has 0 radical (unpaired) electrons. The fraction of sp³-hybridized carbons (Fsp3) is 0.800. The van der Waals surface area contributed by atoms with E-state index < -0.39 is 29.6 Å². The SMILES string of the molecule is CC(CN(C)C(=O)NC1(C(F)(F)F)CC1)C(=O)O. The van der Waals surface area contributed by atoms with Crippen LogP contribution in [0.1, 0.15) is 19.8 Å². The van der Waals surface area contributed by atoms with Crippen LogP contribution in [0.2, 0.25) is 0 Å². The van der Waals surface area contributed by atoms with Gasteiger partial charge in [-0.3, -0.25) is 4.79 Å². The van der Waals surface area contributed by atoms with Crippen molar-refractivity contribution in [1.82, 2.24) is 10.2 Å². The van der Waals surface area contributed by atoms with Crippen molar-refractivity contribution in [2.75, 3.05) is 13.6 Å². The molecule has 8 heteroatoms. The second kappa shape index (κ2) is 4.66. The molecule has 18 heavy (non-hydrogen) atoms. The Labute approximate surface area is 102 Å². The summed E-state index contributed by atoms with van der Waals surface area (Å²) in [6.45, 7) is 1.23. The molecular weight excluding hydrogens is 253 g/mol. The molecule has 0 aromatic heterocycles. The van der Waals surface area contributed by atoms with Gasteiger partial charge in [-0.25, -0.2) is 4.79 Å². The van der Waals surface area contributed by atoms with Crippen LogP contribution in [0.15, 0.2) is 0 Å². The van der Waals surface area contributed by atoms with Gasteiger partial charge in [0.15, 0.2) is 0 Å². The molecule has 0 aromatic rings. The van der Waals surface area contributed by atoms with Crippen molar-refractivity contribution in [3.8, 4) is 0 Å². The quantitative estimate of drug-likeness (QED) is 0.810. The van der Waals surface area contributed by atoms with Gasteiger partial charge in [0.05, 0.1) is 5.92 Å². The van der Waals surface area contributed by atoms with E-state index >= 15 is 0 Å². The Bertz CT molecular complexity index is 353. The summed E-state index contributed by atoms with van der Waals surface area (Å²) < 4.78 is 37.7. The van der Waals surface area contributed by atoms with E-state index in [4.69, 9.17) is 5.11 Å². The van der Waals surface area contributed by atoms with Crippen LogP contribution in [0.4, 0.5) is 18.0 Å². The minimum absolute atomic E-state index is 0.134. The molecule has 2 N–H and O–H groups in total. The molecule has 5 nitrogen and oxygen atoms in total. The maximum Gasteiger partial charge on any atom is 0.411 e. The van der Waals surface area contributed by atoms with Crippen molar-refractivity contribution in [2.45, 2.75) is 31.5 Å². The Balaban J connectivity index is 2.54. The van der Waals surface area contributed by atoms with E-state index in [0.29, 0.717) is 0 Å². The first kappa shape index (κ1) is 14.6. The zero-order valence-corrected chi connectivity index (χ0v) is 10.0. The van der Waals surface area contributed by atoms with E-state index in [0.717, 1.165) is 4.90 Å². The van der Waals surface area contributed by atoms with Gasteiger partial charge >= 0.3 is 18.2 Å². The van der Waals surface area contributed by atoms with Crippen molar-refractivity contribution in [2.24, 2.45) is 5.92 Å². The molecule has 2 amide bonds. The first-order valence-corrected chi connectivity index (χ1v) is 5.42. The molecule has 1 atom stereocenters. The molecule has 0 heterocycles. The summed E-state index contributed by atoms with van der Waals surface area (Å²) in [7, 11) is 1.27. The summed E-state index contributed by atoms with van der Waals surface area (Å²) in [5.74, 6) is -1.94. The van der Waals surface area contributed by atoms with Gasteiger partial charge in [-0.15, -0.1) is 0 Å². The van der Waals surface area contributed by atoms with Crippen molar-refractivity contribution in [3.05, 3.63) is 0 Å². The Hall–Kier alpha value is -1.47. The third-order valence-electron chi connectivity index (χ3n) is 2.95. The number of carboxylic acid groups (broad SMARTS) is 1. The second-order valence-corrected chi connectivity index (χ2v) is 4.63. The van der Waals surface area contributed by atoms with E-state index in [1.54, 1.807) is 0 Å². The summed E-state index contributed by atoms with van der Waals surface area (Å²) >= 11 is 0. The third-order valence-corrected chi connectivity index (χ3v) is 2.95. The largest absolute Gasteiger partial charge is 0.481 e. The lowest BCUT2D eigenvalue weighted by molar-refractivity contribution is -0.163. The lowest BCUT2D eigenvalue weighted by Crippen LogP contribution is -2.52. The summed E-state index contributed by atoms with van der Waals surface area (Å²) in [6, 6.07) is -0.905. The van der Waals surface area contributed by atoms with Crippen LogP contribution in [0.25, 0.3) is 0 Å². The van der Waals surface area contributed by atoms with Crippen LogP contribution in [-0.2, 0) is 4.79 Å². The number of hydrogen-bond donors (Lipinski definition) is 2. The third kappa shape index (κ3) is 3.05. The number of urea groups is 1. The smallest absolute Gasteiger partial charge is 0.411 e. The average molecular weight is 268 g/mol. The molecule has 1 unspecified atom stereocenters. The van der Waals surface area contributed by atoms with Crippen LogP contribution in [0.5, 0.6) is 0 Å². The minimum atomic E-state index is -4.47. The maximum atomic E-state index is 12.6. The Morgan fingerprint density at radius 1 is 1.44 bits per heavy atom. The number of amides is 2. The zero-order chi connectivity index (χ0) is 14.1. The second-order valence-electron chi connectivity index (χ2n) is 4.63. The monoisotopic (exact) mass is 268 g/mol. The lowest BCUT2D eigenvalue weighted by Gasteiger charge is -2.25.